The Morgan fingerprint density at radius 3 is 2.60 bits per heavy atom. The Labute approximate surface area is 180 Å². The van der Waals surface area contributed by atoms with Gasteiger partial charge < -0.3 is 10.1 Å². The van der Waals surface area contributed by atoms with Gasteiger partial charge in [0.2, 0.25) is 11.4 Å². The van der Waals surface area contributed by atoms with Crippen LogP contribution in [0.15, 0.2) is 47.5 Å². The van der Waals surface area contributed by atoms with Crippen LogP contribution >= 0.6 is 11.6 Å². The van der Waals surface area contributed by atoms with Crippen molar-refractivity contribution in [2.45, 2.75) is 51.3 Å². The van der Waals surface area contributed by atoms with Crippen LogP contribution in [0.5, 0.6) is 0 Å². The standard InChI is InChI=1S/C24H25ClN2O3/c1-23(2,3)30-22(29)24(13-17-6-4-5-7-20(17)27-24)18-12-15(8-11-19(18)25)14-26-21(28)16-9-10-16/h4-8,11-13,16H,9-10,14H2,1-3H3,(H,26,28). The molecule has 5 nitrogen and oxygen atoms in total. The molecule has 2 aromatic rings. The van der Waals surface area contributed by atoms with Crippen LogP contribution in [0.4, 0.5) is 0 Å². The number of nitrogens with zero attached hydrogens (tertiary/aromatic N) is 1. The van der Waals surface area contributed by atoms with Crippen molar-refractivity contribution in [1.29, 1.82) is 0 Å². The van der Waals surface area contributed by atoms with Crippen LogP contribution in [-0.4, -0.2) is 17.5 Å². The number of benzene rings is 2. The third-order valence-electron chi connectivity index (χ3n) is 5.16. The molecule has 2 aliphatic rings. The maximum atomic E-state index is 13.4. The maximum Gasteiger partial charge on any atom is 0.343 e. The molecule has 1 heterocycles. The quantitative estimate of drug-likeness (QED) is 0.750. The van der Waals surface area contributed by atoms with E-state index in [9.17, 15) is 9.59 Å². The normalized spacial score (nSPS) is 20.0. The lowest BCUT2D eigenvalue weighted by molar-refractivity contribution is -0.159. The Balaban J connectivity index is 1.76. The summed E-state index contributed by atoms with van der Waals surface area (Å²) < 4.78 is 5.75. The third-order valence-corrected chi connectivity index (χ3v) is 5.49. The molecule has 2 aromatic carbocycles. The largest absolute Gasteiger partial charge is 0.458 e. The minimum absolute atomic E-state index is 0.0675. The van der Waals surface area contributed by atoms with Gasteiger partial charge in [-0.1, -0.05) is 35.9 Å². The number of hydrogen-bond donors (Lipinski definition) is 1. The van der Waals surface area contributed by atoms with Crippen molar-refractivity contribution in [1.82, 2.24) is 5.32 Å². The molecule has 1 atom stereocenters. The Morgan fingerprint density at radius 2 is 1.93 bits per heavy atom. The molecule has 0 bridgehead atoms. The molecule has 1 aliphatic carbocycles. The number of carbonyl (C=O) groups is 2. The fourth-order valence-electron chi connectivity index (χ4n) is 3.52. The molecule has 0 radical (unpaired) electrons. The van der Waals surface area contributed by atoms with Crippen LogP contribution in [0.2, 0.25) is 5.02 Å². The number of hydrogen-bond acceptors (Lipinski definition) is 4. The van der Waals surface area contributed by atoms with Gasteiger partial charge >= 0.3 is 5.97 Å². The Kier molecular flexibility index (Phi) is 5.18. The third kappa shape index (κ3) is 4.12. The number of nitrogens with one attached hydrogen (secondary N) is 1. The zero-order chi connectivity index (χ0) is 21.5. The highest BCUT2D eigenvalue weighted by atomic mass is 35.5. The summed E-state index contributed by atoms with van der Waals surface area (Å²) in [5.74, 6) is -0.275. The molecule has 1 saturated carbocycles. The number of fused-ring (bicyclic) bond motifs is 1. The molecule has 1 amide bonds. The zero-order valence-corrected chi connectivity index (χ0v) is 18.1. The maximum absolute atomic E-state index is 13.4. The van der Waals surface area contributed by atoms with Crippen LogP contribution in [0.1, 0.15) is 44.7 Å². The van der Waals surface area contributed by atoms with Gasteiger partial charge in [0.05, 0.1) is 5.36 Å². The number of esters is 1. The molecule has 156 valence electrons. The summed E-state index contributed by atoms with van der Waals surface area (Å²) in [6.45, 7) is 5.85. The van der Waals surface area contributed by atoms with E-state index in [1.54, 1.807) is 6.07 Å². The fourth-order valence-corrected chi connectivity index (χ4v) is 3.78. The van der Waals surface area contributed by atoms with Gasteiger partial charge in [-0.15, -0.1) is 0 Å². The van der Waals surface area contributed by atoms with E-state index < -0.39 is 17.1 Å². The molecule has 0 spiro atoms. The van der Waals surface area contributed by atoms with Crippen LogP contribution in [-0.2, 0) is 26.4 Å². The summed E-state index contributed by atoms with van der Waals surface area (Å²) in [6.07, 6.45) is 3.71. The van der Waals surface area contributed by atoms with Gasteiger partial charge in [-0.05, 0) is 68.7 Å². The molecule has 1 unspecified atom stereocenters. The van der Waals surface area contributed by atoms with E-state index in [-0.39, 0.29) is 11.8 Å². The number of halogens is 1. The second kappa shape index (κ2) is 7.55. The molecule has 30 heavy (non-hydrogen) atoms. The summed E-state index contributed by atoms with van der Waals surface area (Å²) >= 11 is 6.57. The van der Waals surface area contributed by atoms with Crippen LogP contribution in [0.25, 0.3) is 6.08 Å². The van der Waals surface area contributed by atoms with Gasteiger partial charge in [0.15, 0.2) is 0 Å². The molecule has 0 aromatic heterocycles. The van der Waals surface area contributed by atoms with Crippen molar-refractivity contribution in [2.24, 2.45) is 10.9 Å². The topological polar surface area (TPSA) is 67.8 Å². The van der Waals surface area contributed by atoms with Gasteiger partial charge in [-0.3, -0.25) is 9.79 Å². The summed E-state index contributed by atoms with van der Waals surface area (Å²) in [6, 6.07) is 13.0. The predicted octanol–water partition coefficient (Wildman–Crippen LogP) is 3.02. The second-order valence-electron chi connectivity index (χ2n) is 8.89. The first-order valence-electron chi connectivity index (χ1n) is 10.2. The van der Waals surface area contributed by atoms with Crippen LogP contribution in [0.3, 0.4) is 0 Å². The number of carbonyl (C=O) groups excluding carboxylic acids is 2. The average molecular weight is 425 g/mol. The van der Waals surface area contributed by atoms with Gasteiger partial charge in [-0.25, -0.2) is 4.79 Å². The summed E-state index contributed by atoms with van der Waals surface area (Å²) in [7, 11) is 0. The molecule has 4 rings (SSSR count). The second-order valence-corrected chi connectivity index (χ2v) is 9.30. The predicted molar refractivity (Wildman–Crippen MR) is 115 cm³/mol. The highest BCUT2D eigenvalue weighted by Gasteiger charge is 2.44. The number of ether oxygens (including phenoxy) is 1. The summed E-state index contributed by atoms with van der Waals surface area (Å²) in [4.78, 5) is 30.2. The summed E-state index contributed by atoms with van der Waals surface area (Å²) in [5.41, 5.74) is -0.645. The molecule has 1 N–H and O–H groups in total. The average Bonchev–Trinajstić information content (AvgIpc) is 3.45. The molecule has 6 heteroatoms. The molecular weight excluding hydrogens is 400 g/mol. The molecular formula is C24H25ClN2O3. The van der Waals surface area contributed by atoms with Crippen molar-refractivity contribution >= 4 is 29.6 Å². The van der Waals surface area contributed by atoms with E-state index >= 15 is 0 Å². The van der Waals surface area contributed by atoms with Crippen molar-refractivity contribution in [2.75, 3.05) is 0 Å². The Bertz CT molecular complexity index is 1090. The van der Waals surface area contributed by atoms with Crippen molar-refractivity contribution in [3.8, 4) is 0 Å². The van der Waals surface area contributed by atoms with Gasteiger partial charge in [0.1, 0.15) is 5.60 Å². The minimum atomic E-state index is -1.37. The Hall–Kier alpha value is -2.66. The minimum Gasteiger partial charge on any atom is -0.458 e. The SMILES string of the molecule is CC(C)(C)OC(=O)C1(c2cc(CNC(=O)C3CC3)ccc2Cl)C=c2ccccc2=N1. The highest BCUT2D eigenvalue weighted by molar-refractivity contribution is 6.32. The molecule has 1 aliphatic heterocycles. The van der Waals surface area contributed by atoms with E-state index in [0.717, 1.165) is 23.6 Å². The zero-order valence-electron chi connectivity index (χ0n) is 17.4. The van der Waals surface area contributed by atoms with Gasteiger partial charge in [0.25, 0.3) is 0 Å². The lowest BCUT2D eigenvalue weighted by atomic mass is 9.89. The first kappa shape index (κ1) is 20.6. The first-order valence-corrected chi connectivity index (χ1v) is 10.5. The van der Waals surface area contributed by atoms with E-state index in [0.29, 0.717) is 22.5 Å². The number of amides is 1. The highest BCUT2D eigenvalue weighted by Crippen LogP contribution is 2.37. The van der Waals surface area contributed by atoms with E-state index in [2.05, 4.69) is 5.32 Å². The smallest absolute Gasteiger partial charge is 0.343 e. The number of rotatable bonds is 5. The number of para-hydroxylation sites is 1. The lowest BCUT2D eigenvalue weighted by Gasteiger charge is -2.29. The van der Waals surface area contributed by atoms with Gasteiger partial charge in [0, 0.05) is 23.0 Å². The monoisotopic (exact) mass is 424 g/mol. The van der Waals surface area contributed by atoms with Crippen LogP contribution in [0, 0.1) is 5.92 Å². The Morgan fingerprint density at radius 1 is 1.20 bits per heavy atom. The van der Waals surface area contributed by atoms with Crippen LogP contribution < -0.4 is 15.9 Å². The fraction of sp³-hybridized carbons (Fsp3) is 0.375. The van der Waals surface area contributed by atoms with Gasteiger partial charge in [-0.2, -0.15) is 0 Å². The van der Waals surface area contributed by atoms with E-state index in [1.807, 2.05) is 63.2 Å². The first-order chi connectivity index (χ1) is 14.2. The van der Waals surface area contributed by atoms with E-state index in [1.165, 1.54) is 0 Å². The molecule has 1 fully saturated rings. The van der Waals surface area contributed by atoms with E-state index in [4.69, 9.17) is 21.3 Å². The lowest BCUT2D eigenvalue weighted by Crippen LogP contribution is -2.38. The van der Waals surface area contributed by atoms with Crippen molar-refractivity contribution < 1.29 is 14.3 Å². The molecule has 0 saturated heterocycles. The summed E-state index contributed by atoms with van der Waals surface area (Å²) in [5, 5.41) is 4.95. The van der Waals surface area contributed by atoms with Crippen molar-refractivity contribution in [3.63, 3.8) is 0 Å². The van der Waals surface area contributed by atoms with Crippen molar-refractivity contribution in [3.05, 3.63) is 69.2 Å².